The molecule has 5 unspecified atom stereocenters. The minimum absolute atomic E-state index is 0.170. The average Bonchev–Trinajstić information content (AvgIpc) is 2.69. The summed E-state index contributed by atoms with van der Waals surface area (Å²) in [6.07, 6.45) is 6.04. The highest BCUT2D eigenvalue weighted by Crippen LogP contribution is 2.72. The summed E-state index contributed by atoms with van der Waals surface area (Å²) in [5.41, 5.74) is 4.05. The van der Waals surface area contributed by atoms with Gasteiger partial charge in [0.25, 0.3) is 0 Å². The van der Waals surface area contributed by atoms with Gasteiger partial charge < -0.3 is 0 Å². The summed E-state index contributed by atoms with van der Waals surface area (Å²) < 4.78 is 1.86. The van der Waals surface area contributed by atoms with Crippen LogP contribution in [-0.2, 0) is 7.05 Å². The van der Waals surface area contributed by atoms with Gasteiger partial charge in [-0.05, 0) is 48.9 Å². The Kier molecular flexibility index (Phi) is 2.32. The van der Waals surface area contributed by atoms with Gasteiger partial charge in [-0.25, -0.2) is 0 Å². The second-order valence-electron chi connectivity index (χ2n) is 6.21. The molecule has 1 heterocycles. The molecule has 3 aliphatic rings. The Labute approximate surface area is 112 Å². The predicted molar refractivity (Wildman–Crippen MR) is 69.6 cm³/mol. The molecule has 3 fully saturated rings. The zero-order valence-electron chi connectivity index (χ0n) is 10.5. The van der Waals surface area contributed by atoms with E-state index in [1.807, 2.05) is 11.7 Å². The highest BCUT2D eigenvalue weighted by atomic mass is 35.5. The lowest BCUT2D eigenvalue weighted by molar-refractivity contribution is 0.361. The molecule has 18 heavy (non-hydrogen) atoms. The molecule has 0 aromatic carbocycles. The van der Waals surface area contributed by atoms with Crippen LogP contribution in [0, 0.1) is 29.6 Å². The average molecular weight is 267 g/mol. The van der Waals surface area contributed by atoms with Crippen LogP contribution in [0.1, 0.15) is 31.0 Å². The maximum Gasteiger partial charge on any atom is 0.0834 e. The monoisotopic (exact) mass is 266 g/mol. The molecule has 4 rings (SSSR count). The van der Waals surface area contributed by atoms with Crippen LogP contribution in [-0.4, -0.2) is 9.78 Å². The molecule has 4 nitrogen and oxygen atoms in total. The van der Waals surface area contributed by atoms with E-state index >= 15 is 0 Å². The van der Waals surface area contributed by atoms with Gasteiger partial charge in [-0.15, -0.1) is 0 Å². The van der Waals surface area contributed by atoms with Crippen LogP contribution in [0.3, 0.4) is 0 Å². The van der Waals surface area contributed by atoms with Gasteiger partial charge in [-0.3, -0.25) is 16.0 Å². The molecule has 1 aromatic heterocycles. The first-order chi connectivity index (χ1) is 8.72. The van der Waals surface area contributed by atoms with Crippen LogP contribution in [0.2, 0.25) is 5.02 Å². The summed E-state index contributed by atoms with van der Waals surface area (Å²) >= 11 is 6.26. The van der Waals surface area contributed by atoms with E-state index in [2.05, 4.69) is 10.5 Å². The minimum Gasteiger partial charge on any atom is -0.271 e. The highest BCUT2D eigenvalue weighted by molar-refractivity contribution is 6.31. The molecule has 98 valence electrons. The molecular weight excluding hydrogens is 248 g/mol. The quantitative estimate of drug-likeness (QED) is 0.649. The van der Waals surface area contributed by atoms with Gasteiger partial charge in [0.15, 0.2) is 0 Å². The number of aryl methyl sites for hydroxylation is 1. The fourth-order valence-electron chi connectivity index (χ4n) is 4.98. The zero-order valence-corrected chi connectivity index (χ0v) is 11.3. The van der Waals surface area contributed by atoms with Crippen molar-refractivity contribution in [3.63, 3.8) is 0 Å². The molecule has 0 spiro atoms. The molecule has 3 saturated carbocycles. The number of hydrogen-bond acceptors (Lipinski definition) is 3. The lowest BCUT2D eigenvalue weighted by atomic mass is 9.96. The first kappa shape index (κ1) is 11.3. The van der Waals surface area contributed by atoms with Gasteiger partial charge >= 0.3 is 0 Å². The Bertz CT molecular complexity index is 450. The van der Waals surface area contributed by atoms with Gasteiger partial charge in [-0.1, -0.05) is 11.6 Å². The first-order valence-corrected chi connectivity index (χ1v) is 7.23. The Hall–Kier alpha value is -0.580. The van der Waals surface area contributed by atoms with Gasteiger partial charge in [0, 0.05) is 7.05 Å². The molecule has 0 radical (unpaired) electrons. The fourth-order valence-corrected chi connectivity index (χ4v) is 5.26. The number of fused-ring (bicyclic) bond motifs is 5. The number of halogens is 1. The van der Waals surface area contributed by atoms with Crippen LogP contribution in [0.5, 0.6) is 0 Å². The summed E-state index contributed by atoms with van der Waals surface area (Å²) in [4.78, 5) is 0. The Morgan fingerprint density at radius 3 is 2.61 bits per heavy atom. The molecule has 0 amide bonds. The number of rotatable bonds is 3. The zero-order chi connectivity index (χ0) is 12.4. The van der Waals surface area contributed by atoms with Crippen molar-refractivity contribution >= 4 is 11.6 Å². The van der Waals surface area contributed by atoms with Gasteiger partial charge in [0.05, 0.1) is 23.0 Å². The molecule has 0 aliphatic heterocycles. The van der Waals surface area contributed by atoms with E-state index in [0.717, 1.165) is 34.4 Å². The number of nitrogens with two attached hydrogens (primary N) is 1. The van der Waals surface area contributed by atoms with E-state index in [1.54, 1.807) is 6.20 Å². The standard InChI is InChI=1S/C13H19ClN4/c1-18-13(8(14)5-16-18)12(17-15)11-9-6-2-3-7(4-6)10(9)11/h5-7,9-12,17H,2-4,15H2,1H3. The van der Waals surface area contributed by atoms with Crippen LogP contribution in [0.4, 0.5) is 0 Å². The van der Waals surface area contributed by atoms with Crippen LogP contribution in [0.15, 0.2) is 6.20 Å². The van der Waals surface area contributed by atoms with E-state index in [9.17, 15) is 0 Å². The minimum atomic E-state index is 0.170. The Morgan fingerprint density at radius 1 is 1.44 bits per heavy atom. The maximum atomic E-state index is 6.26. The summed E-state index contributed by atoms with van der Waals surface area (Å²) in [6.45, 7) is 0. The number of nitrogens with zero attached hydrogens (tertiary/aromatic N) is 2. The van der Waals surface area contributed by atoms with Crippen molar-refractivity contribution in [3.8, 4) is 0 Å². The van der Waals surface area contributed by atoms with E-state index in [0.29, 0.717) is 5.92 Å². The molecule has 5 heteroatoms. The smallest absolute Gasteiger partial charge is 0.0834 e. The number of nitrogens with one attached hydrogen (secondary N) is 1. The third kappa shape index (κ3) is 1.31. The van der Waals surface area contributed by atoms with Gasteiger partial charge in [-0.2, -0.15) is 5.10 Å². The van der Waals surface area contributed by atoms with E-state index < -0.39 is 0 Å². The molecule has 3 N–H and O–H groups in total. The SMILES string of the molecule is Cn1ncc(Cl)c1C(NN)C1C2C3CCC(C3)C21. The topological polar surface area (TPSA) is 55.9 Å². The van der Waals surface area contributed by atoms with Crippen molar-refractivity contribution in [2.45, 2.75) is 25.3 Å². The lowest BCUT2D eigenvalue weighted by Gasteiger charge is -2.20. The molecule has 5 atom stereocenters. The highest BCUT2D eigenvalue weighted by Gasteiger charge is 2.67. The van der Waals surface area contributed by atoms with Crippen LogP contribution < -0.4 is 11.3 Å². The van der Waals surface area contributed by atoms with Crippen molar-refractivity contribution in [2.75, 3.05) is 0 Å². The maximum absolute atomic E-state index is 6.26. The molecule has 3 aliphatic carbocycles. The number of hydrazine groups is 1. The third-order valence-electron chi connectivity index (χ3n) is 5.59. The Morgan fingerprint density at radius 2 is 2.11 bits per heavy atom. The second-order valence-corrected chi connectivity index (χ2v) is 6.62. The van der Waals surface area contributed by atoms with Crippen LogP contribution >= 0.6 is 11.6 Å². The summed E-state index contributed by atoms with van der Waals surface area (Å²) in [5, 5.41) is 4.97. The molecule has 1 aromatic rings. The Balaban J connectivity index is 1.64. The number of aromatic nitrogens is 2. The summed E-state index contributed by atoms with van der Waals surface area (Å²) in [6, 6.07) is 0.170. The predicted octanol–water partition coefficient (Wildman–Crippen LogP) is 1.87. The lowest BCUT2D eigenvalue weighted by Crippen LogP contribution is -2.33. The largest absolute Gasteiger partial charge is 0.271 e. The second kappa shape index (κ2) is 3.71. The van der Waals surface area contributed by atoms with Crippen molar-refractivity contribution < 1.29 is 0 Å². The normalized spacial score (nSPS) is 42.1. The van der Waals surface area contributed by atoms with Gasteiger partial charge in [0.2, 0.25) is 0 Å². The van der Waals surface area contributed by atoms with Gasteiger partial charge in [0.1, 0.15) is 0 Å². The first-order valence-electron chi connectivity index (χ1n) is 6.86. The fraction of sp³-hybridized carbons (Fsp3) is 0.769. The van der Waals surface area contributed by atoms with E-state index in [4.69, 9.17) is 17.4 Å². The van der Waals surface area contributed by atoms with Crippen LogP contribution in [0.25, 0.3) is 0 Å². The van der Waals surface area contributed by atoms with Crippen molar-refractivity contribution in [1.82, 2.24) is 15.2 Å². The van der Waals surface area contributed by atoms with Crippen molar-refractivity contribution in [2.24, 2.45) is 42.5 Å². The number of hydrogen-bond donors (Lipinski definition) is 2. The summed E-state index contributed by atoms with van der Waals surface area (Å²) in [7, 11) is 1.94. The molecule has 2 bridgehead atoms. The molecule has 0 saturated heterocycles. The van der Waals surface area contributed by atoms with Crippen molar-refractivity contribution in [1.29, 1.82) is 0 Å². The third-order valence-corrected chi connectivity index (χ3v) is 5.88. The van der Waals surface area contributed by atoms with Crippen molar-refractivity contribution in [3.05, 3.63) is 16.9 Å². The summed E-state index contributed by atoms with van der Waals surface area (Å²) in [5.74, 6) is 10.2. The van der Waals surface area contributed by atoms with E-state index in [-0.39, 0.29) is 6.04 Å². The molecular formula is C13H19ClN4. The van der Waals surface area contributed by atoms with E-state index in [1.165, 1.54) is 19.3 Å².